The smallest absolute Gasteiger partial charge is 0.237 e. The van der Waals surface area contributed by atoms with Crippen LogP contribution in [0.2, 0.25) is 0 Å². The van der Waals surface area contributed by atoms with Gasteiger partial charge in [-0.1, -0.05) is 42.5 Å². The zero-order valence-electron chi connectivity index (χ0n) is 11.3. The quantitative estimate of drug-likeness (QED) is 0.812. The highest BCUT2D eigenvalue weighted by molar-refractivity contribution is 6.21. The first-order chi connectivity index (χ1) is 10.2. The molecule has 3 nitrogen and oxygen atoms in total. The van der Waals surface area contributed by atoms with E-state index in [2.05, 4.69) is 0 Å². The van der Waals surface area contributed by atoms with E-state index in [0.29, 0.717) is 6.42 Å². The van der Waals surface area contributed by atoms with Crippen LogP contribution in [0.1, 0.15) is 12.0 Å². The van der Waals surface area contributed by atoms with Crippen LogP contribution in [0.15, 0.2) is 54.6 Å². The fourth-order valence-electron chi connectivity index (χ4n) is 2.64. The molecule has 106 valence electrons. The van der Waals surface area contributed by atoms with Gasteiger partial charge in [-0.25, -0.2) is 9.29 Å². The van der Waals surface area contributed by atoms with E-state index in [1.54, 1.807) is 6.07 Å². The van der Waals surface area contributed by atoms with Crippen molar-refractivity contribution in [2.45, 2.75) is 12.8 Å². The molecule has 1 aliphatic rings. The maximum Gasteiger partial charge on any atom is 0.237 e. The normalized spacial score (nSPS) is 18.3. The van der Waals surface area contributed by atoms with Crippen LogP contribution in [0.4, 0.5) is 10.1 Å². The highest BCUT2D eigenvalue weighted by atomic mass is 19.1. The van der Waals surface area contributed by atoms with Crippen LogP contribution in [-0.4, -0.2) is 11.8 Å². The second-order valence-electron chi connectivity index (χ2n) is 5.11. The van der Waals surface area contributed by atoms with Crippen LogP contribution in [0.25, 0.3) is 0 Å². The van der Waals surface area contributed by atoms with Crippen molar-refractivity contribution in [3.63, 3.8) is 0 Å². The van der Waals surface area contributed by atoms with Gasteiger partial charge in [-0.15, -0.1) is 0 Å². The number of carbonyl (C=O) groups is 2. The first-order valence-electron chi connectivity index (χ1n) is 6.82. The Morgan fingerprint density at radius 3 is 2.38 bits per heavy atom. The Balaban J connectivity index is 1.84. The molecule has 4 heteroatoms. The zero-order valence-corrected chi connectivity index (χ0v) is 11.3. The van der Waals surface area contributed by atoms with Gasteiger partial charge in [-0.3, -0.25) is 9.59 Å². The zero-order chi connectivity index (χ0) is 14.8. The molecule has 0 unspecified atom stereocenters. The van der Waals surface area contributed by atoms with E-state index in [4.69, 9.17) is 0 Å². The monoisotopic (exact) mass is 283 g/mol. The maximum absolute atomic E-state index is 13.8. The lowest BCUT2D eigenvalue weighted by molar-refractivity contribution is -0.122. The third-order valence-electron chi connectivity index (χ3n) is 3.66. The summed E-state index contributed by atoms with van der Waals surface area (Å²) in [4.78, 5) is 25.5. The summed E-state index contributed by atoms with van der Waals surface area (Å²) in [5, 5.41) is 0. The molecule has 2 amide bonds. The molecule has 1 heterocycles. The molecular weight excluding hydrogens is 269 g/mol. The van der Waals surface area contributed by atoms with Crippen molar-refractivity contribution in [2.24, 2.45) is 5.92 Å². The maximum atomic E-state index is 13.8. The molecule has 0 N–H and O–H groups in total. The number of imide groups is 1. The number of hydrogen-bond acceptors (Lipinski definition) is 2. The lowest BCUT2D eigenvalue weighted by Crippen LogP contribution is -2.31. The van der Waals surface area contributed by atoms with Crippen LogP contribution in [0.3, 0.4) is 0 Å². The number of carbonyl (C=O) groups excluding carboxylic acids is 2. The van der Waals surface area contributed by atoms with E-state index in [1.165, 1.54) is 18.2 Å². The molecule has 1 saturated heterocycles. The Morgan fingerprint density at radius 2 is 1.67 bits per heavy atom. The van der Waals surface area contributed by atoms with E-state index in [0.717, 1.165) is 10.5 Å². The van der Waals surface area contributed by atoms with Crippen molar-refractivity contribution in [1.82, 2.24) is 0 Å². The van der Waals surface area contributed by atoms with Crippen molar-refractivity contribution < 1.29 is 14.0 Å². The average Bonchev–Trinajstić information content (AvgIpc) is 2.76. The molecule has 1 aliphatic heterocycles. The third kappa shape index (κ3) is 2.57. The van der Waals surface area contributed by atoms with Crippen molar-refractivity contribution in [2.75, 3.05) is 4.90 Å². The summed E-state index contributed by atoms with van der Waals surface area (Å²) >= 11 is 0. The van der Waals surface area contributed by atoms with Gasteiger partial charge < -0.3 is 0 Å². The van der Waals surface area contributed by atoms with Crippen LogP contribution >= 0.6 is 0 Å². The Bertz CT molecular complexity index is 684. The van der Waals surface area contributed by atoms with Gasteiger partial charge in [0.2, 0.25) is 11.8 Å². The minimum atomic E-state index is -0.556. The summed E-state index contributed by atoms with van der Waals surface area (Å²) in [6.07, 6.45) is 0.623. The minimum Gasteiger partial charge on any atom is -0.274 e. The van der Waals surface area contributed by atoms with Crippen molar-refractivity contribution in [3.05, 3.63) is 66.0 Å². The van der Waals surface area contributed by atoms with E-state index < -0.39 is 11.7 Å². The lowest BCUT2D eigenvalue weighted by atomic mass is 9.98. The third-order valence-corrected chi connectivity index (χ3v) is 3.66. The lowest BCUT2D eigenvalue weighted by Gasteiger charge is -2.15. The van der Waals surface area contributed by atoms with Gasteiger partial charge in [-0.05, 0) is 24.1 Å². The number of halogens is 1. The number of amides is 2. The second kappa shape index (κ2) is 5.48. The first kappa shape index (κ1) is 13.5. The molecule has 0 saturated carbocycles. The second-order valence-corrected chi connectivity index (χ2v) is 5.11. The SMILES string of the molecule is O=C1C[C@H](Cc2ccccc2)C(=O)N1c1ccccc1F. The predicted octanol–water partition coefficient (Wildman–Crippen LogP) is 2.95. The van der Waals surface area contributed by atoms with E-state index in [9.17, 15) is 14.0 Å². The van der Waals surface area contributed by atoms with Crippen LogP contribution in [-0.2, 0) is 16.0 Å². The number of anilines is 1. The Labute approximate surface area is 122 Å². The summed E-state index contributed by atoms with van der Waals surface area (Å²) in [6, 6.07) is 15.4. The van der Waals surface area contributed by atoms with Crippen molar-refractivity contribution in [1.29, 1.82) is 0 Å². The summed E-state index contributed by atoms with van der Waals surface area (Å²) < 4.78 is 13.8. The molecule has 3 rings (SSSR count). The topological polar surface area (TPSA) is 37.4 Å². The largest absolute Gasteiger partial charge is 0.274 e. The molecule has 0 radical (unpaired) electrons. The summed E-state index contributed by atoms with van der Waals surface area (Å²) in [6.45, 7) is 0. The number of hydrogen-bond donors (Lipinski definition) is 0. The van der Waals surface area contributed by atoms with Crippen LogP contribution < -0.4 is 4.90 Å². The molecule has 2 aromatic rings. The molecule has 21 heavy (non-hydrogen) atoms. The van der Waals surface area contributed by atoms with Gasteiger partial charge in [-0.2, -0.15) is 0 Å². The van der Waals surface area contributed by atoms with Gasteiger partial charge in [0.05, 0.1) is 11.6 Å². The fraction of sp³-hybridized carbons (Fsp3) is 0.176. The van der Waals surface area contributed by atoms with Crippen LogP contribution in [0, 0.1) is 11.7 Å². The molecular formula is C17H14FNO2. The summed E-state index contributed by atoms with van der Waals surface area (Å²) in [5.41, 5.74) is 1.04. The minimum absolute atomic E-state index is 0.0445. The molecule has 1 atom stereocenters. The van der Waals surface area contributed by atoms with E-state index >= 15 is 0 Å². The first-order valence-corrected chi connectivity index (χ1v) is 6.82. The van der Waals surface area contributed by atoms with Gasteiger partial charge in [0.25, 0.3) is 0 Å². The van der Waals surface area contributed by atoms with Gasteiger partial charge in [0.1, 0.15) is 5.82 Å². The Morgan fingerprint density at radius 1 is 1.00 bits per heavy atom. The van der Waals surface area contributed by atoms with Gasteiger partial charge >= 0.3 is 0 Å². The van der Waals surface area contributed by atoms with Crippen LogP contribution in [0.5, 0.6) is 0 Å². The molecule has 2 aromatic carbocycles. The number of nitrogens with zero attached hydrogens (tertiary/aromatic N) is 1. The van der Waals surface area contributed by atoms with E-state index in [-0.39, 0.29) is 23.9 Å². The molecule has 0 bridgehead atoms. The van der Waals surface area contributed by atoms with Gasteiger partial charge in [0.15, 0.2) is 0 Å². The number of rotatable bonds is 3. The standard InChI is InChI=1S/C17H14FNO2/c18-14-8-4-5-9-15(14)19-16(20)11-13(17(19)21)10-12-6-2-1-3-7-12/h1-9,13H,10-11H2/t13-/m0/s1. The Hall–Kier alpha value is -2.49. The molecule has 0 spiro atoms. The van der Waals surface area contributed by atoms with Crippen molar-refractivity contribution in [3.8, 4) is 0 Å². The predicted molar refractivity (Wildman–Crippen MR) is 77.1 cm³/mol. The van der Waals surface area contributed by atoms with Gasteiger partial charge in [0, 0.05) is 6.42 Å². The highest BCUT2D eigenvalue weighted by Gasteiger charge is 2.40. The molecule has 0 aliphatic carbocycles. The van der Waals surface area contributed by atoms with Crippen molar-refractivity contribution >= 4 is 17.5 Å². The average molecular weight is 283 g/mol. The Kier molecular flexibility index (Phi) is 3.52. The summed E-state index contributed by atoms with van der Waals surface area (Å²) in [5.74, 6) is -1.64. The molecule has 1 fully saturated rings. The number of para-hydroxylation sites is 1. The summed E-state index contributed by atoms with van der Waals surface area (Å²) in [7, 11) is 0. The molecule has 0 aromatic heterocycles. The number of benzene rings is 2. The highest BCUT2D eigenvalue weighted by Crippen LogP contribution is 2.30. The fourth-order valence-corrected chi connectivity index (χ4v) is 2.64. The van der Waals surface area contributed by atoms with E-state index in [1.807, 2.05) is 30.3 Å².